The fourth-order valence-electron chi connectivity index (χ4n) is 2.07. The van der Waals surface area contributed by atoms with Crippen molar-refractivity contribution in [1.82, 2.24) is 10.4 Å². The maximum atomic E-state index is 12.3. The number of hydrogen-bond donors (Lipinski definition) is 1. The van der Waals surface area contributed by atoms with E-state index in [2.05, 4.69) is 5.43 Å². The second-order valence-corrected chi connectivity index (χ2v) is 7.42. The van der Waals surface area contributed by atoms with E-state index in [0.29, 0.717) is 17.7 Å². The van der Waals surface area contributed by atoms with E-state index < -0.39 is 12.2 Å². The van der Waals surface area contributed by atoms with Crippen molar-refractivity contribution >= 4 is 29.5 Å². The summed E-state index contributed by atoms with van der Waals surface area (Å²) in [5.41, 5.74) is 2.42. The lowest BCUT2D eigenvalue weighted by Crippen LogP contribution is -2.52. The zero-order valence-electron chi connectivity index (χ0n) is 16.4. The molecule has 0 spiro atoms. The summed E-state index contributed by atoms with van der Waals surface area (Å²) >= 11 is 1.32. The highest BCUT2D eigenvalue weighted by Crippen LogP contribution is 2.12. The molecule has 0 aromatic carbocycles. The van der Waals surface area contributed by atoms with Crippen molar-refractivity contribution in [1.29, 1.82) is 0 Å². The second-order valence-electron chi connectivity index (χ2n) is 6.47. The fourth-order valence-corrected chi connectivity index (χ4v) is 2.69. The summed E-state index contributed by atoms with van der Waals surface area (Å²) in [7, 11) is 0. The van der Waals surface area contributed by atoms with Crippen LogP contribution < -0.4 is 5.43 Å². The van der Waals surface area contributed by atoms with Crippen molar-refractivity contribution in [3.05, 3.63) is 22.4 Å². The molecule has 2 amide bonds. The van der Waals surface area contributed by atoms with Gasteiger partial charge < -0.3 is 14.2 Å². The Bertz CT molecular complexity index is 603. The molecular weight excluding hydrogens is 372 g/mol. The number of ether oxygens (including phenoxy) is 3. The van der Waals surface area contributed by atoms with Crippen molar-refractivity contribution in [2.45, 2.75) is 65.7 Å². The van der Waals surface area contributed by atoms with Gasteiger partial charge in [0.1, 0.15) is 4.88 Å². The molecule has 1 unspecified atom stereocenters. The topological polar surface area (TPSA) is 94.2 Å². The number of carbonyl (C=O) groups excluding carboxylic acids is 3. The van der Waals surface area contributed by atoms with Gasteiger partial charge in [0.15, 0.2) is 0 Å². The number of thiophene rings is 1. The number of hydrazine groups is 1. The molecule has 0 saturated carbocycles. The third-order valence-electron chi connectivity index (χ3n) is 3.25. The minimum absolute atomic E-state index is 0.213. The highest BCUT2D eigenvalue weighted by Gasteiger charge is 2.25. The summed E-state index contributed by atoms with van der Waals surface area (Å²) in [5.74, 6) is -0.368. The molecule has 0 radical (unpaired) electrons. The van der Waals surface area contributed by atoms with Crippen molar-refractivity contribution in [2.24, 2.45) is 0 Å². The molecule has 0 aliphatic heterocycles. The minimum Gasteiger partial charge on any atom is -0.462 e. The van der Waals surface area contributed by atoms with Crippen LogP contribution in [0.25, 0.3) is 0 Å². The Hall–Kier alpha value is -2.29. The Morgan fingerprint density at radius 2 is 1.78 bits per heavy atom. The second kappa shape index (κ2) is 11.4. The molecule has 1 atom stereocenters. The number of nitrogens with zero attached hydrogens (tertiary/aromatic N) is 1. The van der Waals surface area contributed by atoms with Crippen LogP contribution in [-0.4, -0.2) is 48.0 Å². The fraction of sp³-hybridized carbons (Fsp3) is 0.611. The Morgan fingerprint density at radius 1 is 1.11 bits per heavy atom. The number of amides is 2. The third-order valence-corrected chi connectivity index (χ3v) is 4.10. The first kappa shape index (κ1) is 22.8. The summed E-state index contributed by atoms with van der Waals surface area (Å²) in [6.45, 7) is 8.83. The van der Waals surface area contributed by atoms with Crippen molar-refractivity contribution in [3.63, 3.8) is 0 Å². The van der Waals surface area contributed by atoms with E-state index in [0.717, 1.165) is 5.01 Å². The Morgan fingerprint density at radius 3 is 2.33 bits per heavy atom. The van der Waals surface area contributed by atoms with Crippen LogP contribution in [-0.2, 0) is 14.2 Å². The predicted octanol–water partition coefficient (Wildman–Crippen LogP) is 3.97. The molecule has 0 aliphatic carbocycles. The number of hydrogen-bond acceptors (Lipinski definition) is 7. The average molecular weight is 400 g/mol. The summed E-state index contributed by atoms with van der Waals surface area (Å²) in [5, 5.41) is 2.91. The third kappa shape index (κ3) is 8.76. The van der Waals surface area contributed by atoms with E-state index in [4.69, 9.17) is 14.2 Å². The average Bonchev–Trinajstić information content (AvgIpc) is 3.09. The number of rotatable bonds is 8. The van der Waals surface area contributed by atoms with Crippen molar-refractivity contribution in [3.8, 4) is 0 Å². The van der Waals surface area contributed by atoms with Gasteiger partial charge in [-0.1, -0.05) is 6.07 Å². The zero-order valence-corrected chi connectivity index (χ0v) is 17.2. The molecule has 0 saturated heterocycles. The summed E-state index contributed by atoms with van der Waals surface area (Å²) in [4.78, 5) is 36.5. The molecule has 1 rings (SSSR count). The lowest BCUT2D eigenvalue weighted by molar-refractivity contribution is 0.0297. The van der Waals surface area contributed by atoms with Crippen LogP contribution in [0.15, 0.2) is 17.5 Å². The van der Waals surface area contributed by atoms with E-state index in [1.54, 1.807) is 52.1 Å². The van der Waals surface area contributed by atoms with Gasteiger partial charge in [-0.15, -0.1) is 11.3 Å². The molecule has 27 heavy (non-hydrogen) atoms. The minimum atomic E-state index is -0.735. The van der Waals surface area contributed by atoms with E-state index in [1.807, 2.05) is 0 Å². The first-order valence-electron chi connectivity index (χ1n) is 8.88. The van der Waals surface area contributed by atoms with Gasteiger partial charge >= 0.3 is 18.2 Å². The molecule has 0 fully saturated rings. The zero-order chi connectivity index (χ0) is 20.4. The van der Waals surface area contributed by atoms with Crippen LogP contribution in [0.1, 0.15) is 57.1 Å². The van der Waals surface area contributed by atoms with Gasteiger partial charge in [-0.05, 0) is 58.9 Å². The maximum absolute atomic E-state index is 12.3. The van der Waals surface area contributed by atoms with Gasteiger partial charge in [-0.2, -0.15) is 0 Å². The number of nitrogens with one attached hydrogen (secondary N) is 1. The molecule has 1 aromatic heterocycles. The molecule has 1 aromatic rings. The van der Waals surface area contributed by atoms with E-state index in [9.17, 15) is 14.4 Å². The monoisotopic (exact) mass is 400 g/mol. The smallest absolute Gasteiger partial charge is 0.429 e. The lowest BCUT2D eigenvalue weighted by Gasteiger charge is -2.29. The lowest BCUT2D eigenvalue weighted by atomic mass is 10.2. The largest absolute Gasteiger partial charge is 0.462 e. The molecule has 1 heterocycles. The highest BCUT2D eigenvalue weighted by atomic mass is 32.1. The molecule has 152 valence electrons. The van der Waals surface area contributed by atoms with E-state index in [-0.39, 0.29) is 30.8 Å². The normalized spacial score (nSPS) is 11.8. The summed E-state index contributed by atoms with van der Waals surface area (Å²) < 4.78 is 15.4. The SMILES string of the molecule is CC(C)OC(=O)NN(C(=O)OC(C)C)C(C)CCCOC(=O)c1cccs1. The quantitative estimate of drug-likeness (QED) is 0.307. The number of carbonyl (C=O) groups is 3. The Labute approximate surface area is 163 Å². The first-order valence-corrected chi connectivity index (χ1v) is 9.76. The molecule has 0 aliphatic rings. The van der Waals surface area contributed by atoms with Crippen LogP contribution in [0.3, 0.4) is 0 Å². The van der Waals surface area contributed by atoms with Gasteiger partial charge in [0, 0.05) is 0 Å². The van der Waals surface area contributed by atoms with Gasteiger partial charge in [0.25, 0.3) is 0 Å². The van der Waals surface area contributed by atoms with Gasteiger partial charge in [0.05, 0.1) is 24.9 Å². The number of esters is 1. The van der Waals surface area contributed by atoms with Crippen LogP contribution in [0.5, 0.6) is 0 Å². The van der Waals surface area contributed by atoms with Crippen LogP contribution in [0.2, 0.25) is 0 Å². The van der Waals surface area contributed by atoms with Crippen LogP contribution in [0.4, 0.5) is 9.59 Å². The van der Waals surface area contributed by atoms with E-state index >= 15 is 0 Å². The molecule has 9 heteroatoms. The highest BCUT2D eigenvalue weighted by molar-refractivity contribution is 7.11. The van der Waals surface area contributed by atoms with Crippen molar-refractivity contribution < 1.29 is 28.6 Å². The Balaban J connectivity index is 2.53. The van der Waals surface area contributed by atoms with Gasteiger partial charge in [0.2, 0.25) is 0 Å². The standard InChI is InChI=1S/C18H28N2O6S/c1-12(2)25-17(22)19-20(18(23)26-13(3)4)14(5)8-6-10-24-16(21)15-9-7-11-27-15/h7,9,11-14H,6,8,10H2,1-5H3,(H,19,22). The van der Waals surface area contributed by atoms with Gasteiger partial charge in [-0.25, -0.2) is 24.8 Å². The molecule has 0 bridgehead atoms. The molecular formula is C18H28N2O6S. The molecule has 8 nitrogen and oxygen atoms in total. The maximum Gasteiger partial charge on any atom is 0.429 e. The summed E-state index contributed by atoms with van der Waals surface area (Å²) in [6, 6.07) is 3.10. The predicted molar refractivity (Wildman–Crippen MR) is 102 cm³/mol. The van der Waals surface area contributed by atoms with Crippen LogP contribution >= 0.6 is 11.3 Å². The van der Waals surface area contributed by atoms with Crippen molar-refractivity contribution in [2.75, 3.05) is 6.61 Å². The summed E-state index contributed by atoms with van der Waals surface area (Å²) in [6.07, 6.45) is -1.05. The Kier molecular flexibility index (Phi) is 9.63. The first-order chi connectivity index (χ1) is 12.7. The van der Waals surface area contributed by atoms with Gasteiger partial charge in [-0.3, -0.25) is 0 Å². The van der Waals surface area contributed by atoms with E-state index in [1.165, 1.54) is 11.3 Å². The van der Waals surface area contributed by atoms with Crippen LogP contribution in [0, 0.1) is 0 Å². The molecule has 1 N–H and O–H groups in total.